The quantitative estimate of drug-likeness (QED) is 0.884. The fourth-order valence-corrected chi connectivity index (χ4v) is 4.22. The van der Waals surface area contributed by atoms with Crippen molar-refractivity contribution in [2.75, 3.05) is 37.2 Å². The number of aromatic nitrogens is 1. The molecule has 2 saturated heterocycles. The van der Waals surface area contributed by atoms with Crippen molar-refractivity contribution in [2.24, 2.45) is 0 Å². The normalized spacial score (nSPS) is 25.9. The fourth-order valence-electron chi connectivity index (χ4n) is 3.31. The third-order valence-electron chi connectivity index (χ3n) is 4.37. The van der Waals surface area contributed by atoms with Crippen molar-refractivity contribution in [2.45, 2.75) is 38.8 Å². The predicted molar refractivity (Wildman–Crippen MR) is 85.8 cm³/mol. The summed E-state index contributed by atoms with van der Waals surface area (Å²) in [5.74, 6) is 0.384. The van der Waals surface area contributed by atoms with Gasteiger partial charge in [-0.3, -0.25) is 9.69 Å². The summed E-state index contributed by atoms with van der Waals surface area (Å²) in [6.45, 7) is 7.85. The van der Waals surface area contributed by atoms with Crippen LogP contribution >= 0.6 is 11.3 Å². The molecule has 6 nitrogen and oxygen atoms in total. The molecule has 2 aliphatic heterocycles. The summed E-state index contributed by atoms with van der Waals surface area (Å²) in [5.41, 5.74) is 5.93. The summed E-state index contributed by atoms with van der Waals surface area (Å²) in [4.78, 5) is 22.1. The monoisotopic (exact) mass is 309 g/mol. The average molecular weight is 309 g/mol. The number of nitrogens with one attached hydrogen (secondary N) is 1. The van der Waals surface area contributed by atoms with Crippen LogP contribution < -0.4 is 11.1 Å². The lowest BCUT2D eigenvalue weighted by Gasteiger charge is -2.42. The van der Waals surface area contributed by atoms with Gasteiger partial charge >= 0.3 is 0 Å². The Balaban J connectivity index is 1.77. The number of nitrogens with zero attached hydrogens (tertiary/aromatic N) is 3. The van der Waals surface area contributed by atoms with Crippen molar-refractivity contribution >= 4 is 28.2 Å². The number of nitrogens with two attached hydrogens (primary N) is 1. The van der Waals surface area contributed by atoms with Crippen molar-refractivity contribution in [1.29, 1.82) is 0 Å². The Morgan fingerprint density at radius 3 is 3.10 bits per heavy atom. The molecular weight excluding hydrogens is 286 g/mol. The number of carbonyl (C=O) groups is 1. The van der Waals surface area contributed by atoms with Crippen molar-refractivity contribution in [1.82, 2.24) is 14.8 Å². The Hall–Kier alpha value is -1.34. The lowest BCUT2D eigenvalue weighted by atomic mass is 10.1. The SMILES string of the molecule is CCNc1nc(N)c(C(=O)N2CC3CCCN3CC2C)s1. The molecule has 7 heteroatoms. The minimum absolute atomic E-state index is 0.0354. The van der Waals surface area contributed by atoms with Gasteiger partial charge in [-0.05, 0) is 33.2 Å². The van der Waals surface area contributed by atoms with E-state index in [1.165, 1.54) is 30.7 Å². The number of hydrogen-bond donors (Lipinski definition) is 2. The summed E-state index contributed by atoms with van der Waals surface area (Å²) in [6.07, 6.45) is 2.43. The van der Waals surface area contributed by atoms with Gasteiger partial charge in [0.25, 0.3) is 5.91 Å². The van der Waals surface area contributed by atoms with Gasteiger partial charge in [-0.25, -0.2) is 4.98 Å². The maximum Gasteiger partial charge on any atom is 0.268 e. The summed E-state index contributed by atoms with van der Waals surface area (Å²) >= 11 is 1.36. The van der Waals surface area contributed by atoms with Crippen LogP contribution in [0.2, 0.25) is 0 Å². The molecule has 116 valence electrons. The molecule has 3 rings (SSSR count). The molecule has 0 aliphatic carbocycles. The highest BCUT2D eigenvalue weighted by atomic mass is 32.1. The second-order valence-electron chi connectivity index (χ2n) is 5.86. The van der Waals surface area contributed by atoms with Crippen LogP contribution in [0, 0.1) is 0 Å². The van der Waals surface area contributed by atoms with E-state index in [2.05, 4.69) is 22.1 Å². The van der Waals surface area contributed by atoms with Gasteiger partial charge in [-0.15, -0.1) is 0 Å². The molecule has 1 aromatic rings. The predicted octanol–water partition coefficient (Wildman–Crippen LogP) is 1.47. The topological polar surface area (TPSA) is 74.5 Å². The molecule has 1 amide bonds. The first-order chi connectivity index (χ1) is 10.1. The first-order valence-electron chi connectivity index (χ1n) is 7.65. The van der Waals surface area contributed by atoms with Gasteiger partial charge in [0.05, 0.1) is 0 Å². The molecule has 21 heavy (non-hydrogen) atoms. The number of thiazole rings is 1. The molecule has 1 aromatic heterocycles. The van der Waals surface area contributed by atoms with Crippen LogP contribution in [-0.2, 0) is 0 Å². The Bertz CT molecular complexity index is 531. The molecular formula is C14H23N5OS. The van der Waals surface area contributed by atoms with Crippen molar-refractivity contribution in [3.05, 3.63) is 4.88 Å². The van der Waals surface area contributed by atoms with E-state index in [1.807, 2.05) is 11.8 Å². The van der Waals surface area contributed by atoms with E-state index in [0.29, 0.717) is 16.7 Å². The molecule has 3 heterocycles. The summed E-state index contributed by atoms with van der Waals surface area (Å²) in [7, 11) is 0. The highest BCUT2D eigenvalue weighted by molar-refractivity contribution is 7.18. The maximum atomic E-state index is 12.8. The van der Waals surface area contributed by atoms with Crippen LogP contribution in [0.25, 0.3) is 0 Å². The molecule has 2 atom stereocenters. The van der Waals surface area contributed by atoms with Gasteiger partial charge in [0.2, 0.25) is 0 Å². The van der Waals surface area contributed by atoms with Crippen LogP contribution in [0.5, 0.6) is 0 Å². The number of rotatable bonds is 3. The first-order valence-corrected chi connectivity index (χ1v) is 8.47. The standard InChI is InChI=1S/C14H23N5OS/c1-3-16-14-17-12(15)11(21-14)13(20)19-8-10-5-4-6-18(10)7-9(19)2/h9-10H,3-8,15H2,1-2H3,(H,16,17). The lowest BCUT2D eigenvalue weighted by Crippen LogP contribution is -2.56. The molecule has 0 spiro atoms. The van der Waals surface area contributed by atoms with Crippen molar-refractivity contribution in [3.63, 3.8) is 0 Å². The number of fused-ring (bicyclic) bond motifs is 1. The second-order valence-corrected chi connectivity index (χ2v) is 6.86. The van der Waals surface area contributed by atoms with Gasteiger partial charge in [0, 0.05) is 31.7 Å². The van der Waals surface area contributed by atoms with E-state index in [-0.39, 0.29) is 11.9 Å². The number of carbonyl (C=O) groups excluding carboxylic acids is 1. The minimum Gasteiger partial charge on any atom is -0.382 e. The average Bonchev–Trinajstić information content (AvgIpc) is 3.03. The second kappa shape index (κ2) is 5.81. The van der Waals surface area contributed by atoms with E-state index >= 15 is 0 Å². The lowest BCUT2D eigenvalue weighted by molar-refractivity contribution is 0.0400. The van der Waals surface area contributed by atoms with Crippen molar-refractivity contribution < 1.29 is 4.79 Å². The maximum absolute atomic E-state index is 12.8. The van der Waals surface area contributed by atoms with Crippen LogP contribution in [-0.4, -0.2) is 59.0 Å². The largest absolute Gasteiger partial charge is 0.382 e. The van der Waals surface area contributed by atoms with Crippen LogP contribution in [0.3, 0.4) is 0 Å². The van der Waals surface area contributed by atoms with E-state index in [0.717, 1.165) is 24.8 Å². The van der Waals surface area contributed by atoms with Gasteiger partial charge in [-0.2, -0.15) is 0 Å². The molecule has 0 bridgehead atoms. The van der Waals surface area contributed by atoms with Crippen LogP contribution in [0.4, 0.5) is 10.9 Å². The summed E-state index contributed by atoms with van der Waals surface area (Å²) < 4.78 is 0. The van der Waals surface area contributed by atoms with E-state index in [4.69, 9.17) is 5.73 Å². The number of amides is 1. The van der Waals surface area contributed by atoms with Gasteiger partial charge in [-0.1, -0.05) is 11.3 Å². The van der Waals surface area contributed by atoms with E-state index in [9.17, 15) is 4.79 Å². The number of hydrogen-bond acceptors (Lipinski definition) is 6. The number of anilines is 2. The van der Waals surface area contributed by atoms with Crippen LogP contribution in [0.1, 0.15) is 36.4 Å². The Labute approximate surface area is 129 Å². The summed E-state index contributed by atoms with van der Waals surface area (Å²) in [6, 6.07) is 0.753. The van der Waals surface area contributed by atoms with E-state index in [1.54, 1.807) is 0 Å². The third-order valence-corrected chi connectivity index (χ3v) is 5.39. The first kappa shape index (κ1) is 14.6. The molecule has 2 aliphatic rings. The van der Waals surface area contributed by atoms with Crippen molar-refractivity contribution in [3.8, 4) is 0 Å². The molecule has 0 aromatic carbocycles. The summed E-state index contributed by atoms with van der Waals surface area (Å²) in [5, 5.41) is 3.85. The Morgan fingerprint density at radius 1 is 1.52 bits per heavy atom. The van der Waals surface area contributed by atoms with Gasteiger partial charge < -0.3 is 16.0 Å². The molecule has 0 radical (unpaired) electrons. The van der Waals surface area contributed by atoms with E-state index < -0.39 is 0 Å². The zero-order valence-corrected chi connectivity index (χ0v) is 13.4. The van der Waals surface area contributed by atoms with Crippen LogP contribution in [0.15, 0.2) is 0 Å². The third kappa shape index (κ3) is 2.72. The number of piperazine rings is 1. The molecule has 2 fully saturated rings. The zero-order chi connectivity index (χ0) is 15.0. The Morgan fingerprint density at radius 2 is 2.33 bits per heavy atom. The minimum atomic E-state index is 0.0354. The Kier molecular flexibility index (Phi) is 4.03. The highest BCUT2D eigenvalue weighted by Gasteiger charge is 2.37. The fraction of sp³-hybridized carbons (Fsp3) is 0.714. The van der Waals surface area contributed by atoms with Gasteiger partial charge in [0.1, 0.15) is 10.7 Å². The highest BCUT2D eigenvalue weighted by Crippen LogP contribution is 2.30. The zero-order valence-electron chi connectivity index (χ0n) is 12.6. The van der Waals surface area contributed by atoms with Gasteiger partial charge in [0.15, 0.2) is 5.13 Å². The molecule has 3 N–H and O–H groups in total. The molecule has 2 unspecified atom stereocenters. The smallest absolute Gasteiger partial charge is 0.268 e. The number of nitrogen functional groups attached to an aromatic ring is 1. The molecule has 0 saturated carbocycles.